The van der Waals surface area contributed by atoms with Crippen molar-refractivity contribution in [3.05, 3.63) is 47.7 Å². The first kappa shape index (κ1) is 29.5. The van der Waals surface area contributed by atoms with E-state index in [-0.39, 0.29) is 17.3 Å². The summed E-state index contributed by atoms with van der Waals surface area (Å²) in [5, 5.41) is 32.1. The Bertz CT molecular complexity index is 1660. The minimum absolute atomic E-state index is 0.0995. The lowest BCUT2D eigenvalue weighted by molar-refractivity contribution is -0.0618. The standard InChI is InChI=1S/C32H42N8O3/c1-17(2)39(21-10-18(11-21)6-9-25-37-22-8-7-20(32(3,4)5)12-23(22)38-25)15-24-27(41)28(42)31(43-24)40-14-19(13-33)26-29(34)35-16-36-30(26)40/h7-8,12,14,16-18,21,24,27-28,31,41-42H,6,9-11,15H2,1-5H3,(H,37,38)(H2,34,35,36)/t18?,21?,24-,27-,28-,31-/m1/s1. The highest BCUT2D eigenvalue weighted by Gasteiger charge is 2.46. The fourth-order valence-electron chi connectivity index (χ4n) is 6.68. The predicted octanol–water partition coefficient (Wildman–Crippen LogP) is 3.80. The highest BCUT2D eigenvalue weighted by Crippen LogP contribution is 2.39. The number of nitriles is 1. The highest BCUT2D eigenvalue weighted by molar-refractivity contribution is 5.92. The molecular weight excluding hydrogens is 544 g/mol. The zero-order valence-corrected chi connectivity index (χ0v) is 25.5. The van der Waals surface area contributed by atoms with Gasteiger partial charge in [-0.2, -0.15) is 5.26 Å². The number of aromatic nitrogens is 5. The quantitative estimate of drug-likeness (QED) is 0.241. The topological polar surface area (TPSA) is 162 Å². The monoisotopic (exact) mass is 586 g/mol. The van der Waals surface area contributed by atoms with Crippen molar-refractivity contribution < 1.29 is 14.9 Å². The summed E-state index contributed by atoms with van der Waals surface area (Å²) in [6.45, 7) is 11.5. The molecule has 0 radical (unpaired) electrons. The zero-order chi connectivity index (χ0) is 30.6. The molecule has 4 heterocycles. The number of nitrogens with two attached hydrogens (primary N) is 1. The van der Waals surface area contributed by atoms with E-state index in [1.54, 1.807) is 10.8 Å². The van der Waals surface area contributed by atoms with Crippen LogP contribution in [0.15, 0.2) is 30.7 Å². The van der Waals surface area contributed by atoms with Gasteiger partial charge in [0.15, 0.2) is 6.23 Å². The number of nitrogens with one attached hydrogen (secondary N) is 1. The van der Waals surface area contributed by atoms with Crippen LogP contribution >= 0.6 is 0 Å². The minimum Gasteiger partial charge on any atom is -0.387 e. The molecule has 1 aliphatic heterocycles. The zero-order valence-electron chi connectivity index (χ0n) is 25.5. The molecule has 4 atom stereocenters. The fourth-order valence-corrected chi connectivity index (χ4v) is 6.68. The molecule has 3 aromatic heterocycles. The SMILES string of the molecule is CC(C)N(C[C@H]1O[C@@H](n2cc(C#N)c3c(N)ncnc32)[C@H](O)[C@@H]1O)C1CC(CCc2nc3ccc(C(C)(C)C)cc3[nH]2)C1. The number of hydrogen-bond donors (Lipinski definition) is 4. The summed E-state index contributed by atoms with van der Waals surface area (Å²) in [6, 6.07) is 9.24. The summed E-state index contributed by atoms with van der Waals surface area (Å²) in [6.07, 6.45) is 3.24. The summed E-state index contributed by atoms with van der Waals surface area (Å²) in [5.74, 6) is 1.83. The van der Waals surface area contributed by atoms with Gasteiger partial charge in [-0.3, -0.25) is 4.90 Å². The number of hydrogen-bond acceptors (Lipinski definition) is 9. The van der Waals surface area contributed by atoms with Crippen molar-refractivity contribution in [1.82, 2.24) is 29.4 Å². The van der Waals surface area contributed by atoms with Gasteiger partial charge < -0.3 is 30.2 Å². The maximum atomic E-state index is 11.0. The number of nitrogen functional groups attached to an aromatic ring is 1. The molecule has 6 rings (SSSR count). The predicted molar refractivity (Wildman–Crippen MR) is 164 cm³/mol. The van der Waals surface area contributed by atoms with Gasteiger partial charge in [0.2, 0.25) is 0 Å². The lowest BCUT2D eigenvalue weighted by atomic mass is 9.76. The molecule has 5 N–H and O–H groups in total. The van der Waals surface area contributed by atoms with Gasteiger partial charge in [-0.25, -0.2) is 15.0 Å². The highest BCUT2D eigenvalue weighted by atomic mass is 16.6. The van der Waals surface area contributed by atoms with Crippen LogP contribution in [-0.2, 0) is 16.6 Å². The molecule has 0 bridgehead atoms. The van der Waals surface area contributed by atoms with Crippen molar-refractivity contribution in [2.24, 2.45) is 5.92 Å². The van der Waals surface area contributed by atoms with Gasteiger partial charge in [-0.05, 0) is 62.1 Å². The Labute approximate surface area is 251 Å². The van der Waals surface area contributed by atoms with Crippen LogP contribution in [0.3, 0.4) is 0 Å². The van der Waals surface area contributed by atoms with Crippen LogP contribution in [0.1, 0.15) is 77.1 Å². The summed E-state index contributed by atoms with van der Waals surface area (Å²) >= 11 is 0. The molecule has 43 heavy (non-hydrogen) atoms. The van der Waals surface area contributed by atoms with Gasteiger partial charge in [0.1, 0.15) is 48.0 Å². The number of imidazole rings is 1. The van der Waals surface area contributed by atoms with E-state index in [0.29, 0.717) is 35.1 Å². The Morgan fingerprint density at radius 3 is 2.67 bits per heavy atom. The van der Waals surface area contributed by atoms with Crippen molar-refractivity contribution in [1.29, 1.82) is 5.26 Å². The molecule has 4 aromatic rings. The number of fused-ring (bicyclic) bond motifs is 2. The number of benzene rings is 1. The average molecular weight is 587 g/mol. The van der Waals surface area contributed by atoms with Crippen LogP contribution in [0.2, 0.25) is 0 Å². The van der Waals surface area contributed by atoms with E-state index in [0.717, 1.165) is 42.5 Å². The van der Waals surface area contributed by atoms with Gasteiger partial charge in [-0.1, -0.05) is 26.8 Å². The molecule has 0 spiro atoms. The number of nitrogens with zero attached hydrogens (tertiary/aromatic N) is 6. The third-order valence-corrected chi connectivity index (χ3v) is 9.29. The van der Waals surface area contributed by atoms with E-state index < -0.39 is 24.5 Å². The smallest absolute Gasteiger partial charge is 0.164 e. The Kier molecular flexibility index (Phi) is 7.67. The Hall–Kier alpha value is -3.56. The number of aryl methyl sites for hydroxylation is 1. The number of aromatic amines is 1. The number of ether oxygens (including phenoxy) is 1. The number of H-pyrrole nitrogens is 1. The Balaban J connectivity index is 1.08. The van der Waals surface area contributed by atoms with Crippen LogP contribution in [0.25, 0.3) is 22.1 Å². The second-order valence-electron chi connectivity index (χ2n) is 13.6. The first-order valence-electron chi connectivity index (χ1n) is 15.2. The number of anilines is 1. The van der Waals surface area contributed by atoms with Gasteiger partial charge in [0.25, 0.3) is 0 Å². The number of aliphatic hydroxyl groups excluding tert-OH is 2. The van der Waals surface area contributed by atoms with Crippen LogP contribution in [0.4, 0.5) is 5.82 Å². The molecule has 1 saturated heterocycles. The van der Waals surface area contributed by atoms with Crippen LogP contribution in [0.5, 0.6) is 0 Å². The molecule has 1 aliphatic carbocycles. The largest absolute Gasteiger partial charge is 0.387 e. The molecule has 228 valence electrons. The van der Waals surface area contributed by atoms with E-state index in [1.165, 1.54) is 11.9 Å². The first-order chi connectivity index (χ1) is 20.4. The summed E-state index contributed by atoms with van der Waals surface area (Å²) in [7, 11) is 0. The third kappa shape index (κ3) is 5.49. The van der Waals surface area contributed by atoms with Crippen molar-refractivity contribution in [3.8, 4) is 6.07 Å². The molecule has 0 amide bonds. The van der Waals surface area contributed by atoms with E-state index in [1.807, 2.05) is 0 Å². The Morgan fingerprint density at radius 2 is 1.98 bits per heavy atom. The second kappa shape index (κ2) is 11.2. The van der Waals surface area contributed by atoms with Crippen LogP contribution < -0.4 is 5.73 Å². The summed E-state index contributed by atoms with van der Waals surface area (Å²) in [4.78, 5) is 19.0. The maximum absolute atomic E-state index is 11.0. The lowest BCUT2D eigenvalue weighted by Crippen LogP contribution is -2.52. The van der Waals surface area contributed by atoms with Crippen LogP contribution in [-0.4, -0.2) is 76.6 Å². The molecule has 2 aliphatic rings. The van der Waals surface area contributed by atoms with Gasteiger partial charge in [0.05, 0.1) is 22.0 Å². The van der Waals surface area contributed by atoms with Crippen molar-refractivity contribution in [2.45, 2.75) is 102 Å². The molecule has 2 fully saturated rings. The van der Waals surface area contributed by atoms with Crippen molar-refractivity contribution in [2.75, 3.05) is 12.3 Å². The van der Waals surface area contributed by atoms with Gasteiger partial charge in [0, 0.05) is 31.2 Å². The lowest BCUT2D eigenvalue weighted by Gasteiger charge is -2.46. The minimum atomic E-state index is -1.19. The van der Waals surface area contributed by atoms with E-state index in [4.69, 9.17) is 15.5 Å². The van der Waals surface area contributed by atoms with Gasteiger partial charge >= 0.3 is 0 Å². The van der Waals surface area contributed by atoms with E-state index in [2.05, 4.69) is 78.7 Å². The summed E-state index contributed by atoms with van der Waals surface area (Å²) in [5.41, 5.74) is 10.2. The maximum Gasteiger partial charge on any atom is 0.164 e. The fraction of sp³-hybridized carbons (Fsp3) is 0.562. The molecule has 1 saturated carbocycles. The number of aliphatic hydroxyl groups is 2. The molecular formula is C32H42N8O3. The van der Waals surface area contributed by atoms with Gasteiger partial charge in [-0.15, -0.1) is 0 Å². The normalized spacial score (nSPS) is 26.0. The van der Waals surface area contributed by atoms with Crippen molar-refractivity contribution in [3.63, 3.8) is 0 Å². The number of rotatable bonds is 8. The summed E-state index contributed by atoms with van der Waals surface area (Å²) < 4.78 is 7.85. The molecule has 0 unspecified atom stereocenters. The molecule has 11 nitrogen and oxygen atoms in total. The third-order valence-electron chi connectivity index (χ3n) is 9.29. The second-order valence-corrected chi connectivity index (χ2v) is 13.6. The Morgan fingerprint density at radius 1 is 1.21 bits per heavy atom. The van der Waals surface area contributed by atoms with Crippen LogP contribution in [0, 0.1) is 17.2 Å². The molecule has 1 aromatic carbocycles. The van der Waals surface area contributed by atoms with Crippen molar-refractivity contribution >= 4 is 27.9 Å². The van der Waals surface area contributed by atoms with E-state index in [9.17, 15) is 15.5 Å². The molecule has 11 heteroatoms. The first-order valence-corrected chi connectivity index (χ1v) is 15.2. The average Bonchev–Trinajstić information content (AvgIpc) is 3.60. The van der Waals surface area contributed by atoms with E-state index >= 15 is 0 Å².